The average Bonchev–Trinajstić information content (AvgIpc) is 2.49. The standard InChI is InChI=1S/C18H17ClN2O/c1-12(2)17(14-6-8-15(19)9-7-14)18(22)21-16-5-3-4-13(10-16)11-20/h3-10,12,17H,1-2H3,(H,21,22)/t17-/m0/s1. The monoisotopic (exact) mass is 312 g/mol. The Morgan fingerprint density at radius 2 is 1.86 bits per heavy atom. The lowest BCUT2D eigenvalue weighted by Crippen LogP contribution is -2.25. The molecule has 0 aliphatic rings. The number of hydrogen-bond acceptors (Lipinski definition) is 2. The SMILES string of the molecule is CC(C)[C@H](C(=O)Nc1cccc(C#N)c1)c1ccc(Cl)cc1. The molecule has 112 valence electrons. The fourth-order valence-corrected chi connectivity index (χ4v) is 2.52. The highest BCUT2D eigenvalue weighted by atomic mass is 35.5. The molecule has 4 heteroatoms. The smallest absolute Gasteiger partial charge is 0.232 e. The molecule has 0 radical (unpaired) electrons. The summed E-state index contributed by atoms with van der Waals surface area (Å²) in [4.78, 5) is 12.6. The van der Waals surface area contributed by atoms with Crippen molar-refractivity contribution in [2.75, 3.05) is 5.32 Å². The molecule has 1 amide bonds. The number of halogens is 1. The van der Waals surface area contributed by atoms with Gasteiger partial charge in [0, 0.05) is 10.7 Å². The molecule has 0 bridgehead atoms. The van der Waals surface area contributed by atoms with E-state index in [0.717, 1.165) is 5.56 Å². The van der Waals surface area contributed by atoms with E-state index < -0.39 is 0 Å². The molecule has 0 aromatic heterocycles. The normalized spacial score (nSPS) is 11.8. The zero-order chi connectivity index (χ0) is 16.1. The zero-order valence-electron chi connectivity index (χ0n) is 12.5. The van der Waals surface area contributed by atoms with Gasteiger partial charge in [-0.15, -0.1) is 0 Å². The summed E-state index contributed by atoms with van der Waals surface area (Å²) in [5, 5.41) is 12.5. The van der Waals surface area contributed by atoms with Gasteiger partial charge in [0.2, 0.25) is 5.91 Å². The summed E-state index contributed by atoms with van der Waals surface area (Å²) in [7, 11) is 0. The number of carbonyl (C=O) groups is 1. The van der Waals surface area contributed by atoms with Crippen LogP contribution in [-0.2, 0) is 4.79 Å². The maximum Gasteiger partial charge on any atom is 0.232 e. The number of nitrogens with one attached hydrogen (secondary N) is 1. The van der Waals surface area contributed by atoms with Crippen LogP contribution in [0.3, 0.4) is 0 Å². The van der Waals surface area contributed by atoms with Gasteiger partial charge in [-0.25, -0.2) is 0 Å². The molecule has 2 rings (SSSR count). The summed E-state index contributed by atoms with van der Waals surface area (Å²) in [5.41, 5.74) is 2.07. The van der Waals surface area contributed by atoms with E-state index in [0.29, 0.717) is 16.3 Å². The number of nitrogens with zero attached hydrogens (tertiary/aromatic N) is 1. The van der Waals surface area contributed by atoms with Crippen LogP contribution in [0, 0.1) is 17.2 Å². The van der Waals surface area contributed by atoms with Crippen molar-refractivity contribution >= 4 is 23.2 Å². The number of carbonyl (C=O) groups excluding carboxylic acids is 1. The van der Waals surface area contributed by atoms with Crippen molar-refractivity contribution in [1.82, 2.24) is 0 Å². The first-order chi connectivity index (χ1) is 10.5. The Labute approximate surface area is 135 Å². The van der Waals surface area contributed by atoms with Crippen molar-refractivity contribution < 1.29 is 4.79 Å². The van der Waals surface area contributed by atoms with E-state index in [1.165, 1.54) is 0 Å². The minimum atomic E-state index is -0.275. The van der Waals surface area contributed by atoms with Gasteiger partial charge in [0.05, 0.1) is 17.6 Å². The molecule has 2 aromatic rings. The predicted molar refractivity (Wildman–Crippen MR) is 88.8 cm³/mol. The summed E-state index contributed by atoms with van der Waals surface area (Å²) in [6.45, 7) is 4.01. The average molecular weight is 313 g/mol. The van der Waals surface area contributed by atoms with E-state index in [4.69, 9.17) is 16.9 Å². The number of rotatable bonds is 4. The highest BCUT2D eigenvalue weighted by Gasteiger charge is 2.24. The molecule has 0 unspecified atom stereocenters. The Balaban J connectivity index is 2.23. The second-order valence-corrected chi connectivity index (χ2v) is 5.89. The predicted octanol–water partition coefficient (Wildman–Crippen LogP) is 4.59. The quantitative estimate of drug-likeness (QED) is 0.897. The zero-order valence-corrected chi connectivity index (χ0v) is 13.3. The molecule has 22 heavy (non-hydrogen) atoms. The van der Waals surface area contributed by atoms with Crippen molar-refractivity contribution in [1.29, 1.82) is 5.26 Å². The van der Waals surface area contributed by atoms with Gasteiger partial charge in [0.15, 0.2) is 0 Å². The molecule has 0 fully saturated rings. The van der Waals surface area contributed by atoms with Crippen molar-refractivity contribution in [2.45, 2.75) is 19.8 Å². The van der Waals surface area contributed by atoms with E-state index in [-0.39, 0.29) is 17.7 Å². The molecule has 0 aliphatic carbocycles. The first-order valence-corrected chi connectivity index (χ1v) is 7.45. The highest BCUT2D eigenvalue weighted by Crippen LogP contribution is 2.27. The number of anilines is 1. The lowest BCUT2D eigenvalue weighted by molar-refractivity contribution is -0.118. The van der Waals surface area contributed by atoms with E-state index in [2.05, 4.69) is 11.4 Å². The maximum atomic E-state index is 12.6. The molecule has 2 aromatic carbocycles. The fourth-order valence-electron chi connectivity index (χ4n) is 2.40. The lowest BCUT2D eigenvalue weighted by atomic mass is 9.87. The Morgan fingerprint density at radius 3 is 2.45 bits per heavy atom. The number of hydrogen-bond donors (Lipinski definition) is 1. The number of benzene rings is 2. The molecular formula is C18H17ClN2O. The largest absolute Gasteiger partial charge is 0.326 e. The minimum absolute atomic E-state index is 0.0904. The summed E-state index contributed by atoms with van der Waals surface area (Å²) in [6, 6.07) is 16.3. The van der Waals surface area contributed by atoms with Gasteiger partial charge >= 0.3 is 0 Å². The van der Waals surface area contributed by atoms with Gasteiger partial charge in [-0.3, -0.25) is 4.79 Å². The van der Waals surface area contributed by atoms with Gasteiger partial charge in [-0.2, -0.15) is 5.26 Å². The van der Waals surface area contributed by atoms with Gasteiger partial charge in [-0.05, 0) is 41.8 Å². The third-order valence-electron chi connectivity index (χ3n) is 3.44. The van der Waals surface area contributed by atoms with E-state index in [1.54, 1.807) is 36.4 Å². The van der Waals surface area contributed by atoms with E-state index in [1.807, 2.05) is 26.0 Å². The van der Waals surface area contributed by atoms with E-state index >= 15 is 0 Å². The molecule has 1 N–H and O–H groups in total. The molecule has 0 spiro atoms. The number of nitriles is 1. The van der Waals surface area contributed by atoms with Gasteiger partial charge in [-0.1, -0.05) is 43.6 Å². The van der Waals surface area contributed by atoms with Gasteiger partial charge in [0.1, 0.15) is 0 Å². The van der Waals surface area contributed by atoms with E-state index in [9.17, 15) is 4.79 Å². The molecule has 1 atom stereocenters. The van der Waals surface area contributed by atoms with Crippen LogP contribution < -0.4 is 5.32 Å². The van der Waals surface area contributed by atoms with Crippen LogP contribution in [0.4, 0.5) is 5.69 Å². The molecule has 0 heterocycles. The Kier molecular flexibility index (Phi) is 5.19. The third-order valence-corrected chi connectivity index (χ3v) is 3.69. The van der Waals surface area contributed by atoms with Crippen LogP contribution in [0.5, 0.6) is 0 Å². The second-order valence-electron chi connectivity index (χ2n) is 5.46. The summed E-state index contributed by atoms with van der Waals surface area (Å²) in [6.07, 6.45) is 0. The topological polar surface area (TPSA) is 52.9 Å². The van der Waals surface area contributed by atoms with Crippen LogP contribution >= 0.6 is 11.6 Å². The van der Waals surface area contributed by atoms with Crippen molar-refractivity contribution in [2.24, 2.45) is 5.92 Å². The molecule has 3 nitrogen and oxygen atoms in total. The second kappa shape index (κ2) is 7.11. The summed E-state index contributed by atoms with van der Waals surface area (Å²) >= 11 is 5.91. The first-order valence-electron chi connectivity index (χ1n) is 7.07. The van der Waals surface area contributed by atoms with Crippen molar-refractivity contribution in [3.63, 3.8) is 0 Å². The first kappa shape index (κ1) is 16.1. The minimum Gasteiger partial charge on any atom is -0.326 e. The Bertz CT molecular complexity index is 702. The summed E-state index contributed by atoms with van der Waals surface area (Å²) in [5.74, 6) is -0.226. The van der Waals surface area contributed by atoms with Crippen molar-refractivity contribution in [3.8, 4) is 6.07 Å². The lowest BCUT2D eigenvalue weighted by Gasteiger charge is -2.21. The van der Waals surface area contributed by atoms with Crippen LogP contribution in [0.2, 0.25) is 5.02 Å². The van der Waals surface area contributed by atoms with Crippen LogP contribution in [0.15, 0.2) is 48.5 Å². The Morgan fingerprint density at radius 1 is 1.18 bits per heavy atom. The third kappa shape index (κ3) is 3.87. The summed E-state index contributed by atoms with van der Waals surface area (Å²) < 4.78 is 0. The fraction of sp³-hybridized carbons (Fsp3) is 0.222. The van der Waals surface area contributed by atoms with Crippen molar-refractivity contribution in [3.05, 3.63) is 64.7 Å². The molecular weight excluding hydrogens is 296 g/mol. The maximum absolute atomic E-state index is 12.6. The van der Waals surface area contributed by atoms with Crippen LogP contribution in [-0.4, -0.2) is 5.91 Å². The Hall–Kier alpha value is -2.31. The highest BCUT2D eigenvalue weighted by molar-refractivity contribution is 6.30. The van der Waals surface area contributed by atoms with Crippen LogP contribution in [0.1, 0.15) is 30.9 Å². The van der Waals surface area contributed by atoms with Crippen LogP contribution in [0.25, 0.3) is 0 Å². The van der Waals surface area contributed by atoms with Gasteiger partial charge < -0.3 is 5.32 Å². The number of amides is 1. The molecule has 0 saturated carbocycles. The molecule has 0 aliphatic heterocycles. The molecule has 0 saturated heterocycles. The van der Waals surface area contributed by atoms with Gasteiger partial charge in [0.25, 0.3) is 0 Å².